The summed E-state index contributed by atoms with van der Waals surface area (Å²) in [7, 11) is 0. The highest BCUT2D eigenvalue weighted by Gasteiger charge is 2.29. The first-order valence-electron chi connectivity index (χ1n) is 9.83. The van der Waals surface area contributed by atoms with Crippen LogP contribution in [0.2, 0.25) is 10.0 Å². The first-order valence-corrected chi connectivity index (χ1v) is 12.0. The van der Waals surface area contributed by atoms with Gasteiger partial charge in [-0.1, -0.05) is 41.4 Å². The number of halogens is 2. The van der Waals surface area contributed by atoms with E-state index in [1.165, 1.54) is 0 Å². The first-order chi connectivity index (χ1) is 14.5. The molecule has 30 heavy (non-hydrogen) atoms. The van der Waals surface area contributed by atoms with Crippen LogP contribution < -0.4 is 10.2 Å². The van der Waals surface area contributed by atoms with E-state index in [-0.39, 0.29) is 11.8 Å². The van der Waals surface area contributed by atoms with Crippen molar-refractivity contribution in [2.24, 2.45) is 0 Å². The Balaban J connectivity index is 1.64. The third kappa shape index (κ3) is 5.84. The average Bonchev–Trinajstić information content (AvgIpc) is 2.76. The second kappa shape index (κ2) is 10.9. The lowest BCUT2D eigenvalue weighted by atomic mass is 10.1. The summed E-state index contributed by atoms with van der Waals surface area (Å²) in [6.07, 6.45) is 2.56. The van der Waals surface area contributed by atoms with Gasteiger partial charge in [-0.15, -0.1) is 0 Å². The summed E-state index contributed by atoms with van der Waals surface area (Å²) in [5.41, 5.74) is 1.44. The highest BCUT2D eigenvalue weighted by Crippen LogP contribution is 2.21. The lowest BCUT2D eigenvalue weighted by molar-refractivity contribution is -0.133. The normalized spacial score (nSPS) is 15.0. The van der Waals surface area contributed by atoms with Crippen molar-refractivity contribution in [1.29, 1.82) is 0 Å². The van der Waals surface area contributed by atoms with Gasteiger partial charge in [0.25, 0.3) is 5.91 Å². The summed E-state index contributed by atoms with van der Waals surface area (Å²) >= 11 is 13.9. The molecule has 160 valence electrons. The monoisotopic (exact) mass is 465 g/mol. The zero-order chi connectivity index (χ0) is 21.5. The van der Waals surface area contributed by atoms with Gasteiger partial charge >= 0.3 is 0 Å². The van der Waals surface area contributed by atoms with Crippen LogP contribution in [0, 0.1) is 0 Å². The Morgan fingerprint density at radius 3 is 2.47 bits per heavy atom. The van der Waals surface area contributed by atoms with E-state index in [9.17, 15) is 9.59 Å². The molecule has 1 saturated heterocycles. The van der Waals surface area contributed by atoms with E-state index < -0.39 is 6.04 Å². The summed E-state index contributed by atoms with van der Waals surface area (Å²) in [5, 5.41) is 3.97. The summed E-state index contributed by atoms with van der Waals surface area (Å²) in [4.78, 5) is 29.9. The summed E-state index contributed by atoms with van der Waals surface area (Å²) < 4.78 is 0. The van der Waals surface area contributed by atoms with E-state index in [0.717, 1.165) is 24.5 Å². The third-order valence-electron chi connectivity index (χ3n) is 5.10. The fourth-order valence-electron chi connectivity index (χ4n) is 3.45. The average molecular weight is 466 g/mol. The summed E-state index contributed by atoms with van der Waals surface area (Å²) in [6.45, 7) is 2.64. The van der Waals surface area contributed by atoms with Crippen LogP contribution in [-0.2, 0) is 4.79 Å². The molecule has 1 aliphatic heterocycles. The maximum atomic E-state index is 13.2. The molecule has 0 saturated carbocycles. The molecule has 0 aliphatic carbocycles. The van der Waals surface area contributed by atoms with Crippen LogP contribution >= 0.6 is 35.0 Å². The van der Waals surface area contributed by atoms with Crippen LogP contribution in [0.3, 0.4) is 0 Å². The van der Waals surface area contributed by atoms with Gasteiger partial charge in [-0.2, -0.15) is 11.8 Å². The largest absolute Gasteiger partial charge is 0.368 e. The molecular formula is C22H25Cl2N3O2S. The molecule has 5 nitrogen and oxygen atoms in total. The van der Waals surface area contributed by atoms with E-state index >= 15 is 0 Å². The van der Waals surface area contributed by atoms with E-state index in [0.29, 0.717) is 35.1 Å². The molecule has 2 aromatic carbocycles. The second-order valence-electron chi connectivity index (χ2n) is 7.08. The van der Waals surface area contributed by atoms with Gasteiger partial charge in [0.1, 0.15) is 6.04 Å². The molecule has 1 fully saturated rings. The molecule has 2 aromatic rings. The molecule has 0 bridgehead atoms. The molecule has 1 atom stereocenters. The highest BCUT2D eigenvalue weighted by molar-refractivity contribution is 7.98. The second-order valence-corrected chi connectivity index (χ2v) is 8.91. The molecule has 8 heteroatoms. The number of rotatable bonds is 7. The van der Waals surface area contributed by atoms with Crippen LogP contribution in [-0.4, -0.2) is 60.9 Å². The number of hydrogen-bond donors (Lipinski definition) is 1. The van der Waals surface area contributed by atoms with E-state index in [1.54, 1.807) is 36.0 Å². The molecule has 0 radical (unpaired) electrons. The minimum atomic E-state index is -0.570. The fraction of sp³-hybridized carbons (Fsp3) is 0.364. The zero-order valence-electron chi connectivity index (χ0n) is 16.8. The Morgan fingerprint density at radius 1 is 1.07 bits per heavy atom. The van der Waals surface area contributed by atoms with Gasteiger partial charge in [-0.25, -0.2) is 0 Å². The predicted octanol–water partition coefficient (Wildman–Crippen LogP) is 4.19. The lowest BCUT2D eigenvalue weighted by Crippen LogP contribution is -2.55. The summed E-state index contributed by atoms with van der Waals surface area (Å²) in [5.74, 6) is 0.412. The topological polar surface area (TPSA) is 52.7 Å². The SMILES string of the molecule is CSCCC(NC(=O)c1ccccc1Cl)C(=O)N1CCN(c2cccc(Cl)c2)CC1. The number of nitrogens with one attached hydrogen (secondary N) is 1. The predicted molar refractivity (Wildman–Crippen MR) is 126 cm³/mol. The Labute approximate surface area is 191 Å². The number of anilines is 1. The molecule has 1 heterocycles. The minimum Gasteiger partial charge on any atom is -0.368 e. The summed E-state index contributed by atoms with van der Waals surface area (Å²) in [6, 6.07) is 14.0. The van der Waals surface area contributed by atoms with Crippen molar-refractivity contribution in [2.75, 3.05) is 43.1 Å². The van der Waals surface area contributed by atoms with Gasteiger partial charge in [0.15, 0.2) is 0 Å². The number of amides is 2. The molecule has 3 rings (SSSR count). The lowest BCUT2D eigenvalue weighted by Gasteiger charge is -2.37. The van der Waals surface area contributed by atoms with Crippen molar-refractivity contribution in [3.05, 3.63) is 64.1 Å². The van der Waals surface area contributed by atoms with Crippen LogP contribution in [0.5, 0.6) is 0 Å². The maximum Gasteiger partial charge on any atom is 0.253 e. The Kier molecular flexibility index (Phi) is 8.31. The van der Waals surface area contributed by atoms with Crippen LogP contribution in [0.4, 0.5) is 5.69 Å². The Morgan fingerprint density at radius 2 is 1.80 bits per heavy atom. The molecule has 1 unspecified atom stereocenters. The van der Waals surface area contributed by atoms with E-state index in [4.69, 9.17) is 23.2 Å². The Bertz CT molecular complexity index is 888. The molecule has 1 N–H and O–H groups in total. The van der Waals surface area contributed by atoms with Gasteiger partial charge in [0.2, 0.25) is 5.91 Å². The van der Waals surface area contributed by atoms with Crippen molar-refractivity contribution in [1.82, 2.24) is 10.2 Å². The molecule has 0 aromatic heterocycles. The number of carbonyl (C=O) groups excluding carboxylic acids is 2. The zero-order valence-corrected chi connectivity index (χ0v) is 19.1. The Hall–Kier alpha value is -1.89. The van der Waals surface area contributed by atoms with Crippen LogP contribution in [0.1, 0.15) is 16.8 Å². The van der Waals surface area contributed by atoms with Crippen LogP contribution in [0.15, 0.2) is 48.5 Å². The van der Waals surface area contributed by atoms with Crippen molar-refractivity contribution in [2.45, 2.75) is 12.5 Å². The number of carbonyl (C=O) groups is 2. The standard InChI is InChI=1S/C22H25Cl2N3O2S/c1-30-14-9-20(25-21(28)18-7-2-3-8-19(18)24)22(29)27-12-10-26(11-13-27)17-6-4-5-16(23)15-17/h2-8,15,20H,9-14H2,1H3,(H,25,28). The van der Waals surface area contributed by atoms with Gasteiger partial charge in [0, 0.05) is 36.9 Å². The number of thioether (sulfide) groups is 1. The van der Waals surface area contributed by atoms with Gasteiger partial charge in [0.05, 0.1) is 10.6 Å². The smallest absolute Gasteiger partial charge is 0.253 e. The van der Waals surface area contributed by atoms with Crippen molar-refractivity contribution < 1.29 is 9.59 Å². The van der Waals surface area contributed by atoms with Gasteiger partial charge < -0.3 is 15.1 Å². The van der Waals surface area contributed by atoms with Gasteiger partial charge in [-0.3, -0.25) is 9.59 Å². The quantitative estimate of drug-likeness (QED) is 0.665. The number of hydrogen-bond acceptors (Lipinski definition) is 4. The van der Waals surface area contributed by atoms with Crippen molar-refractivity contribution in [3.63, 3.8) is 0 Å². The molecule has 1 aliphatic rings. The number of nitrogens with zero attached hydrogens (tertiary/aromatic N) is 2. The van der Waals surface area contributed by atoms with Crippen molar-refractivity contribution in [3.8, 4) is 0 Å². The van der Waals surface area contributed by atoms with E-state index in [1.807, 2.05) is 35.4 Å². The first kappa shape index (κ1) is 22.8. The fourth-order valence-corrected chi connectivity index (χ4v) is 4.33. The van der Waals surface area contributed by atoms with Gasteiger partial charge in [-0.05, 0) is 48.8 Å². The number of benzene rings is 2. The maximum absolute atomic E-state index is 13.2. The van der Waals surface area contributed by atoms with E-state index in [2.05, 4.69) is 10.2 Å². The number of piperazine rings is 1. The molecule has 0 spiro atoms. The molecular weight excluding hydrogens is 441 g/mol. The van der Waals surface area contributed by atoms with Crippen molar-refractivity contribution >= 4 is 52.5 Å². The molecule has 2 amide bonds. The minimum absolute atomic E-state index is 0.0461. The third-order valence-corrected chi connectivity index (χ3v) is 6.31. The van der Waals surface area contributed by atoms with Crippen LogP contribution in [0.25, 0.3) is 0 Å². The highest BCUT2D eigenvalue weighted by atomic mass is 35.5.